The molecule has 1 aromatic rings. The summed E-state index contributed by atoms with van der Waals surface area (Å²) in [4.78, 5) is 12.4. The van der Waals surface area contributed by atoms with E-state index in [4.69, 9.17) is 0 Å². The third-order valence-electron chi connectivity index (χ3n) is 4.37. The van der Waals surface area contributed by atoms with Crippen LogP contribution in [0, 0.1) is 24.7 Å². The van der Waals surface area contributed by atoms with Gasteiger partial charge < -0.3 is 0 Å². The molecule has 16 heavy (non-hydrogen) atoms. The van der Waals surface area contributed by atoms with E-state index >= 15 is 0 Å². The predicted molar refractivity (Wildman–Crippen MR) is 64.4 cm³/mol. The Morgan fingerprint density at radius 1 is 1.12 bits per heavy atom. The summed E-state index contributed by atoms with van der Waals surface area (Å²) in [5, 5.41) is 0. The molecular weight excluding hydrogens is 196 g/mol. The van der Waals surface area contributed by atoms with E-state index in [0.717, 1.165) is 23.0 Å². The summed E-state index contributed by atoms with van der Waals surface area (Å²) < 4.78 is 0. The molecule has 2 saturated carbocycles. The van der Waals surface area contributed by atoms with Gasteiger partial charge in [0.05, 0.1) is 0 Å². The highest BCUT2D eigenvalue weighted by atomic mass is 16.1. The third-order valence-corrected chi connectivity index (χ3v) is 4.37. The Kier molecular flexibility index (Phi) is 2.34. The van der Waals surface area contributed by atoms with Crippen LogP contribution in [0.2, 0.25) is 0 Å². The van der Waals surface area contributed by atoms with E-state index in [1.54, 1.807) is 0 Å². The molecule has 0 aliphatic heterocycles. The average molecular weight is 214 g/mol. The summed E-state index contributed by atoms with van der Waals surface area (Å²) in [6.07, 6.45) is 5.23. The summed E-state index contributed by atoms with van der Waals surface area (Å²) in [5.41, 5.74) is 2.10. The number of carbonyl (C=O) groups is 1. The van der Waals surface area contributed by atoms with Crippen molar-refractivity contribution in [2.24, 2.45) is 17.8 Å². The SMILES string of the molecule is Cc1ccccc1C(=O)C1C2CCCCC21. The monoisotopic (exact) mass is 214 g/mol. The number of rotatable bonds is 2. The van der Waals surface area contributed by atoms with Crippen LogP contribution in [0.3, 0.4) is 0 Å². The highest BCUT2D eigenvalue weighted by Gasteiger charge is 2.54. The molecule has 0 heterocycles. The first-order chi connectivity index (χ1) is 7.79. The van der Waals surface area contributed by atoms with Crippen molar-refractivity contribution in [1.29, 1.82) is 0 Å². The minimum absolute atomic E-state index is 0.364. The van der Waals surface area contributed by atoms with Gasteiger partial charge in [0.1, 0.15) is 0 Å². The second-order valence-electron chi connectivity index (χ2n) is 5.32. The van der Waals surface area contributed by atoms with Crippen LogP contribution in [0.25, 0.3) is 0 Å². The summed E-state index contributed by atoms with van der Waals surface area (Å²) >= 11 is 0. The van der Waals surface area contributed by atoms with E-state index in [0.29, 0.717) is 11.7 Å². The van der Waals surface area contributed by atoms with Gasteiger partial charge in [0.25, 0.3) is 0 Å². The number of ketones is 1. The fourth-order valence-corrected chi connectivity index (χ4v) is 3.41. The molecule has 0 N–H and O–H groups in total. The number of benzene rings is 1. The van der Waals surface area contributed by atoms with Crippen molar-refractivity contribution < 1.29 is 4.79 Å². The zero-order valence-electron chi connectivity index (χ0n) is 9.78. The van der Waals surface area contributed by atoms with E-state index in [2.05, 4.69) is 0 Å². The van der Waals surface area contributed by atoms with Gasteiger partial charge in [-0.2, -0.15) is 0 Å². The molecule has 2 unspecified atom stereocenters. The van der Waals surface area contributed by atoms with Crippen LogP contribution < -0.4 is 0 Å². The first-order valence-electron chi connectivity index (χ1n) is 6.39. The van der Waals surface area contributed by atoms with Gasteiger partial charge in [-0.1, -0.05) is 37.1 Å². The largest absolute Gasteiger partial charge is 0.294 e. The van der Waals surface area contributed by atoms with Crippen molar-refractivity contribution in [2.45, 2.75) is 32.6 Å². The van der Waals surface area contributed by atoms with Crippen LogP contribution in [0.1, 0.15) is 41.6 Å². The number of aryl methyl sites for hydroxylation is 1. The molecule has 1 aromatic carbocycles. The molecule has 0 aromatic heterocycles. The normalized spacial score (nSPS) is 31.9. The number of fused-ring (bicyclic) bond motifs is 1. The van der Waals surface area contributed by atoms with Crippen molar-refractivity contribution in [1.82, 2.24) is 0 Å². The zero-order valence-corrected chi connectivity index (χ0v) is 9.78. The molecule has 2 aliphatic rings. The van der Waals surface area contributed by atoms with Crippen LogP contribution in [-0.4, -0.2) is 5.78 Å². The lowest BCUT2D eigenvalue weighted by atomic mass is 10.0. The Morgan fingerprint density at radius 3 is 2.38 bits per heavy atom. The van der Waals surface area contributed by atoms with Gasteiger partial charge in [-0.3, -0.25) is 4.79 Å². The Balaban J connectivity index is 1.82. The maximum absolute atomic E-state index is 12.4. The fraction of sp³-hybridized carbons (Fsp3) is 0.533. The van der Waals surface area contributed by atoms with Crippen LogP contribution in [0.4, 0.5) is 0 Å². The first kappa shape index (κ1) is 10.1. The van der Waals surface area contributed by atoms with E-state index in [1.165, 1.54) is 25.7 Å². The Hall–Kier alpha value is -1.11. The summed E-state index contributed by atoms with van der Waals surface area (Å²) in [5.74, 6) is 2.22. The molecule has 84 valence electrons. The minimum Gasteiger partial charge on any atom is -0.294 e. The standard InChI is InChI=1S/C15H18O/c1-10-6-2-3-7-11(10)15(16)14-12-8-4-5-9-13(12)14/h2-3,6-7,12-14H,4-5,8-9H2,1H3. The van der Waals surface area contributed by atoms with Gasteiger partial charge in [-0.05, 0) is 37.2 Å². The zero-order chi connectivity index (χ0) is 11.1. The summed E-state index contributed by atoms with van der Waals surface area (Å²) in [6.45, 7) is 2.04. The fourth-order valence-electron chi connectivity index (χ4n) is 3.41. The van der Waals surface area contributed by atoms with E-state index in [-0.39, 0.29) is 0 Å². The third kappa shape index (κ3) is 1.50. The Morgan fingerprint density at radius 2 is 1.75 bits per heavy atom. The van der Waals surface area contributed by atoms with Gasteiger partial charge in [0.2, 0.25) is 0 Å². The number of Topliss-reactive ketones (excluding diaryl/α,β-unsaturated/α-hetero) is 1. The maximum Gasteiger partial charge on any atom is 0.166 e. The first-order valence-corrected chi connectivity index (χ1v) is 6.39. The summed E-state index contributed by atoms with van der Waals surface area (Å²) in [6, 6.07) is 8.01. The molecule has 0 bridgehead atoms. The van der Waals surface area contributed by atoms with Gasteiger partial charge in [0.15, 0.2) is 5.78 Å². The molecule has 0 spiro atoms. The Labute approximate surface area is 96.9 Å². The van der Waals surface area contributed by atoms with Crippen LogP contribution in [0.5, 0.6) is 0 Å². The van der Waals surface area contributed by atoms with Crippen LogP contribution in [0.15, 0.2) is 24.3 Å². The molecule has 0 saturated heterocycles. The molecule has 2 atom stereocenters. The van der Waals surface area contributed by atoms with Gasteiger partial charge in [-0.25, -0.2) is 0 Å². The molecule has 2 fully saturated rings. The lowest BCUT2D eigenvalue weighted by Gasteiger charge is -2.04. The molecule has 3 rings (SSSR count). The van der Waals surface area contributed by atoms with Gasteiger partial charge >= 0.3 is 0 Å². The highest BCUT2D eigenvalue weighted by molar-refractivity contribution is 6.01. The van der Waals surface area contributed by atoms with Crippen LogP contribution in [-0.2, 0) is 0 Å². The molecule has 0 radical (unpaired) electrons. The maximum atomic E-state index is 12.4. The van der Waals surface area contributed by atoms with E-state index < -0.39 is 0 Å². The molecule has 1 heteroatoms. The van der Waals surface area contributed by atoms with Gasteiger partial charge in [-0.15, -0.1) is 0 Å². The van der Waals surface area contributed by atoms with Crippen molar-refractivity contribution in [3.63, 3.8) is 0 Å². The van der Waals surface area contributed by atoms with E-state index in [9.17, 15) is 4.79 Å². The van der Waals surface area contributed by atoms with Crippen molar-refractivity contribution in [3.8, 4) is 0 Å². The van der Waals surface area contributed by atoms with Crippen molar-refractivity contribution >= 4 is 5.78 Å². The van der Waals surface area contributed by atoms with Crippen molar-refractivity contribution in [3.05, 3.63) is 35.4 Å². The number of carbonyl (C=O) groups excluding carboxylic acids is 1. The molecule has 0 amide bonds. The van der Waals surface area contributed by atoms with Crippen LogP contribution >= 0.6 is 0 Å². The quantitative estimate of drug-likeness (QED) is 0.687. The topological polar surface area (TPSA) is 17.1 Å². The Bertz CT molecular complexity index is 409. The molecular formula is C15H18O. The number of hydrogen-bond donors (Lipinski definition) is 0. The highest BCUT2D eigenvalue weighted by Crippen LogP contribution is 2.56. The average Bonchev–Trinajstić information content (AvgIpc) is 3.03. The molecule has 2 aliphatic carbocycles. The van der Waals surface area contributed by atoms with Gasteiger partial charge in [0, 0.05) is 11.5 Å². The smallest absolute Gasteiger partial charge is 0.166 e. The van der Waals surface area contributed by atoms with E-state index in [1.807, 2.05) is 31.2 Å². The second kappa shape index (κ2) is 3.73. The number of hydrogen-bond acceptors (Lipinski definition) is 1. The molecule has 1 nitrogen and oxygen atoms in total. The van der Waals surface area contributed by atoms with Crippen molar-refractivity contribution in [2.75, 3.05) is 0 Å². The lowest BCUT2D eigenvalue weighted by Crippen LogP contribution is -2.06. The minimum atomic E-state index is 0.364. The summed E-state index contributed by atoms with van der Waals surface area (Å²) in [7, 11) is 0. The predicted octanol–water partition coefficient (Wildman–Crippen LogP) is 3.61. The lowest BCUT2D eigenvalue weighted by molar-refractivity contribution is 0.0956. The second-order valence-corrected chi connectivity index (χ2v) is 5.32.